The summed E-state index contributed by atoms with van der Waals surface area (Å²) in [7, 11) is 0. The first kappa shape index (κ1) is 11.0. The van der Waals surface area contributed by atoms with Crippen LogP contribution >= 0.6 is 12.6 Å². The summed E-state index contributed by atoms with van der Waals surface area (Å²) in [5.74, 6) is 0.850. The Labute approximate surface area is 99.6 Å². The quantitative estimate of drug-likeness (QED) is 0.500. The molecule has 0 saturated carbocycles. The fraction of sp³-hybridized carbons (Fsp3) is 0.154. The van der Waals surface area contributed by atoms with E-state index in [1.54, 1.807) is 6.07 Å². The molecule has 0 bridgehead atoms. The van der Waals surface area contributed by atoms with Gasteiger partial charge in [-0.3, -0.25) is 4.79 Å². The molecule has 2 rings (SSSR count). The van der Waals surface area contributed by atoms with Crippen LogP contribution < -0.4 is 4.74 Å². The van der Waals surface area contributed by atoms with Gasteiger partial charge in [0.2, 0.25) is 0 Å². The zero-order chi connectivity index (χ0) is 11.4. The summed E-state index contributed by atoms with van der Waals surface area (Å²) in [6, 6.07) is 13.6. The number of ether oxygens (including phenoxy) is 1. The molecule has 82 valence electrons. The van der Waals surface area contributed by atoms with Crippen molar-refractivity contribution in [1.82, 2.24) is 0 Å². The van der Waals surface area contributed by atoms with Gasteiger partial charge in [-0.05, 0) is 22.9 Å². The van der Waals surface area contributed by atoms with E-state index < -0.39 is 0 Å². The van der Waals surface area contributed by atoms with Crippen LogP contribution in [0.15, 0.2) is 42.5 Å². The second kappa shape index (κ2) is 5.03. The molecule has 2 nitrogen and oxygen atoms in total. The molecule has 0 aliphatic heterocycles. The van der Waals surface area contributed by atoms with Gasteiger partial charge in [-0.25, -0.2) is 0 Å². The Morgan fingerprint density at radius 2 is 1.88 bits per heavy atom. The number of esters is 1. The maximum absolute atomic E-state index is 11.3. The lowest BCUT2D eigenvalue weighted by Gasteiger charge is -2.04. The Morgan fingerprint density at radius 1 is 1.12 bits per heavy atom. The van der Waals surface area contributed by atoms with Crippen molar-refractivity contribution in [3.05, 3.63) is 42.5 Å². The van der Waals surface area contributed by atoms with Gasteiger partial charge in [-0.15, -0.1) is 0 Å². The smallest absolute Gasteiger partial charge is 0.312 e. The zero-order valence-electron chi connectivity index (χ0n) is 8.72. The molecule has 0 aliphatic carbocycles. The van der Waals surface area contributed by atoms with Crippen molar-refractivity contribution in [2.24, 2.45) is 0 Å². The minimum atomic E-state index is -0.245. The van der Waals surface area contributed by atoms with E-state index in [1.165, 1.54) is 0 Å². The van der Waals surface area contributed by atoms with Gasteiger partial charge in [0.15, 0.2) is 0 Å². The van der Waals surface area contributed by atoms with Crippen molar-refractivity contribution in [2.75, 3.05) is 5.75 Å². The number of carbonyl (C=O) groups excluding carboxylic acids is 1. The molecule has 0 atom stereocenters. The monoisotopic (exact) mass is 232 g/mol. The number of fused-ring (bicyclic) bond motifs is 1. The first-order valence-corrected chi connectivity index (χ1v) is 5.73. The molecule has 0 radical (unpaired) electrons. The summed E-state index contributed by atoms with van der Waals surface area (Å²) in [4.78, 5) is 11.3. The van der Waals surface area contributed by atoms with Crippen LogP contribution in [0.1, 0.15) is 6.42 Å². The Kier molecular flexibility index (Phi) is 3.47. The lowest BCUT2D eigenvalue weighted by atomic mass is 10.1. The van der Waals surface area contributed by atoms with Crippen LogP contribution in [-0.4, -0.2) is 11.7 Å². The molecular weight excluding hydrogens is 220 g/mol. The van der Waals surface area contributed by atoms with Gasteiger partial charge in [0.25, 0.3) is 0 Å². The number of hydrogen-bond donors (Lipinski definition) is 1. The molecule has 0 heterocycles. The summed E-state index contributed by atoms with van der Waals surface area (Å²) in [6.45, 7) is 0. The highest BCUT2D eigenvalue weighted by Crippen LogP contribution is 2.20. The molecule has 0 unspecified atom stereocenters. The second-order valence-corrected chi connectivity index (χ2v) is 3.90. The van der Waals surface area contributed by atoms with Crippen LogP contribution in [0, 0.1) is 0 Å². The van der Waals surface area contributed by atoms with Gasteiger partial charge in [-0.1, -0.05) is 30.3 Å². The molecule has 0 aliphatic rings. The van der Waals surface area contributed by atoms with Crippen molar-refractivity contribution < 1.29 is 9.53 Å². The Morgan fingerprint density at radius 3 is 2.62 bits per heavy atom. The van der Waals surface area contributed by atoms with Gasteiger partial charge < -0.3 is 4.74 Å². The third-order valence-electron chi connectivity index (χ3n) is 2.27. The Hall–Kier alpha value is -1.48. The average Bonchev–Trinajstić information content (AvgIpc) is 2.29. The summed E-state index contributed by atoms with van der Waals surface area (Å²) in [5.41, 5.74) is 0. The average molecular weight is 232 g/mol. The summed E-state index contributed by atoms with van der Waals surface area (Å²) >= 11 is 3.98. The predicted molar refractivity (Wildman–Crippen MR) is 68.1 cm³/mol. The van der Waals surface area contributed by atoms with Crippen molar-refractivity contribution in [3.8, 4) is 5.75 Å². The predicted octanol–water partition coefficient (Wildman–Crippen LogP) is 3.07. The van der Waals surface area contributed by atoms with Crippen LogP contribution in [0.3, 0.4) is 0 Å². The van der Waals surface area contributed by atoms with Gasteiger partial charge in [0.1, 0.15) is 5.75 Å². The summed E-state index contributed by atoms with van der Waals surface area (Å²) in [5, 5.41) is 2.20. The molecule has 0 N–H and O–H groups in total. The minimum absolute atomic E-state index is 0.245. The highest BCUT2D eigenvalue weighted by Gasteiger charge is 2.03. The molecule has 3 heteroatoms. The van der Waals surface area contributed by atoms with E-state index >= 15 is 0 Å². The molecule has 0 saturated heterocycles. The molecule has 0 amide bonds. The van der Waals surface area contributed by atoms with Crippen LogP contribution in [0.4, 0.5) is 0 Å². The van der Waals surface area contributed by atoms with Gasteiger partial charge in [-0.2, -0.15) is 12.6 Å². The highest BCUT2D eigenvalue weighted by atomic mass is 32.1. The number of hydrogen-bond acceptors (Lipinski definition) is 3. The molecule has 0 fully saturated rings. The van der Waals surface area contributed by atoms with Gasteiger partial charge >= 0.3 is 5.97 Å². The third kappa shape index (κ3) is 2.55. The van der Waals surface area contributed by atoms with E-state index in [4.69, 9.17) is 4.74 Å². The van der Waals surface area contributed by atoms with E-state index in [2.05, 4.69) is 12.6 Å². The lowest BCUT2D eigenvalue weighted by molar-refractivity contribution is -0.133. The maximum atomic E-state index is 11.3. The topological polar surface area (TPSA) is 26.3 Å². The van der Waals surface area contributed by atoms with Crippen LogP contribution in [0.2, 0.25) is 0 Å². The SMILES string of the molecule is O=C(CCS)Oc1ccc2ccccc2c1. The van der Waals surface area contributed by atoms with Gasteiger partial charge in [0.05, 0.1) is 6.42 Å². The standard InChI is InChI=1S/C13H12O2S/c14-13(7-8-16)15-12-6-5-10-3-1-2-4-11(10)9-12/h1-6,9,16H,7-8H2. The Balaban J connectivity index is 2.22. The van der Waals surface area contributed by atoms with Crippen LogP contribution in [0.5, 0.6) is 5.75 Å². The van der Waals surface area contributed by atoms with E-state index in [1.807, 2.05) is 36.4 Å². The molecule has 2 aromatic rings. The first-order chi connectivity index (χ1) is 7.79. The third-order valence-corrected chi connectivity index (χ3v) is 2.49. The molecule has 2 aromatic carbocycles. The summed E-state index contributed by atoms with van der Waals surface area (Å²) in [6.07, 6.45) is 0.329. The van der Waals surface area contributed by atoms with Crippen molar-refractivity contribution in [1.29, 1.82) is 0 Å². The lowest BCUT2D eigenvalue weighted by Crippen LogP contribution is -2.07. The van der Waals surface area contributed by atoms with Crippen molar-refractivity contribution >= 4 is 29.4 Å². The largest absolute Gasteiger partial charge is 0.426 e. The number of rotatable bonds is 3. The maximum Gasteiger partial charge on any atom is 0.312 e. The first-order valence-electron chi connectivity index (χ1n) is 5.10. The fourth-order valence-corrected chi connectivity index (χ4v) is 1.69. The molecular formula is C13H12O2S. The zero-order valence-corrected chi connectivity index (χ0v) is 9.61. The second-order valence-electron chi connectivity index (χ2n) is 3.46. The Bertz CT molecular complexity index is 508. The van der Waals surface area contributed by atoms with E-state index in [9.17, 15) is 4.79 Å². The van der Waals surface area contributed by atoms with Crippen LogP contribution in [0.25, 0.3) is 10.8 Å². The molecule has 16 heavy (non-hydrogen) atoms. The highest BCUT2D eigenvalue weighted by molar-refractivity contribution is 7.80. The number of benzene rings is 2. The van der Waals surface area contributed by atoms with Crippen molar-refractivity contribution in [3.63, 3.8) is 0 Å². The van der Waals surface area contributed by atoms with E-state index in [-0.39, 0.29) is 5.97 Å². The normalized spacial score (nSPS) is 10.3. The fourth-order valence-electron chi connectivity index (χ4n) is 1.50. The minimum Gasteiger partial charge on any atom is -0.426 e. The van der Waals surface area contributed by atoms with Gasteiger partial charge in [0, 0.05) is 5.75 Å². The number of thiol groups is 1. The molecule has 0 spiro atoms. The van der Waals surface area contributed by atoms with E-state index in [0.29, 0.717) is 17.9 Å². The van der Waals surface area contributed by atoms with Crippen LogP contribution in [-0.2, 0) is 4.79 Å². The summed E-state index contributed by atoms with van der Waals surface area (Å²) < 4.78 is 5.18. The molecule has 0 aromatic heterocycles. The number of carbonyl (C=O) groups is 1. The van der Waals surface area contributed by atoms with E-state index in [0.717, 1.165) is 10.8 Å². The van der Waals surface area contributed by atoms with Crippen molar-refractivity contribution in [2.45, 2.75) is 6.42 Å².